The van der Waals surface area contributed by atoms with Crippen LogP contribution >= 0.6 is 0 Å². The van der Waals surface area contributed by atoms with E-state index < -0.39 is 0 Å². The van der Waals surface area contributed by atoms with Crippen molar-refractivity contribution < 1.29 is 9.53 Å². The summed E-state index contributed by atoms with van der Waals surface area (Å²) >= 11 is 0. The smallest absolute Gasteiger partial charge is 0.243 e. The molecule has 21 heavy (non-hydrogen) atoms. The van der Waals surface area contributed by atoms with E-state index in [1.54, 1.807) is 0 Å². The van der Waals surface area contributed by atoms with E-state index in [1.807, 2.05) is 0 Å². The van der Waals surface area contributed by atoms with E-state index in [2.05, 4.69) is 24.1 Å². The molecule has 4 heteroatoms. The molecule has 0 aromatic carbocycles. The Balaban J connectivity index is 1.73. The van der Waals surface area contributed by atoms with Crippen LogP contribution in [-0.2, 0) is 9.53 Å². The lowest BCUT2D eigenvalue weighted by Crippen LogP contribution is -2.46. The van der Waals surface area contributed by atoms with Gasteiger partial charge in [0.25, 0.3) is 0 Å². The fourth-order valence-electron chi connectivity index (χ4n) is 4.23. The first-order chi connectivity index (χ1) is 10.1. The van der Waals surface area contributed by atoms with E-state index in [4.69, 9.17) is 4.74 Å². The first-order valence-electron chi connectivity index (χ1n) is 8.80. The minimum atomic E-state index is -0.358. The summed E-state index contributed by atoms with van der Waals surface area (Å²) in [7, 11) is 0. The molecule has 3 rings (SSSR count). The van der Waals surface area contributed by atoms with Crippen molar-refractivity contribution in [3.8, 4) is 0 Å². The topological polar surface area (TPSA) is 41.6 Å². The maximum atomic E-state index is 12.9. The minimum Gasteiger partial charge on any atom is -0.381 e. The van der Waals surface area contributed by atoms with Gasteiger partial charge in [-0.3, -0.25) is 10.1 Å². The number of nitrogens with one attached hydrogen (secondary N) is 1. The number of rotatable bonds is 4. The van der Waals surface area contributed by atoms with Crippen LogP contribution < -0.4 is 5.32 Å². The summed E-state index contributed by atoms with van der Waals surface area (Å²) in [6.45, 7) is 6.78. The molecule has 4 nitrogen and oxygen atoms in total. The van der Waals surface area contributed by atoms with Crippen molar-refractivity contribution in [3.05, 3.63) is 0 Å². The fourth-order valence-corrected chi connectivity index (χ4v) is 4.23. The second-order valence-corrected chi connectivity index (χ2v) is 7.36. The Labute approximate surface area is 128 Å². The molecule has 3 aliphatic rings. The molecule has 3 unspecified atom stereocenters. The summed E-state index contributed by atoms with van der Waals surface area (Å²) in [6, 6.07) is 0. The van der Waals surface area contributed by atoms with E-state index >= 15 is 0 Å². The zero-order valence-corrected chi connectivity index (χ0v) is 13.6. The lowest BCUT2D eigenvalue weighted by Gasteiger charge is -2.33. The van der Waals surface area contributed by atoms with Crippen LogP contribution in [0.2, 0.25) is 0 Å². The van der Waals surface area contributed by atoms with E-state index in [-0.39, 0.29) is 11.7 Å². The van der Waals surface area contributed by atoms with Crippen LogP contribution in [-0.4, -0.2) is 42.3 Å². The Bertz CT molecular complexity index is 375. The summed E-state index contributed by atoms with van der Waals surface area (Å²) in [5, 5.41) is 3.68. The molecule has 0 aromatic rings. The lowest BCUT2D eigenvalue weighted by atomic mass is 9.98. The van der Waals surface area contributed by atoms with E-state index in [9.17, 15) is 4.79 Å². The van der Waals surface area contributed by atoms with Gasteiger partial charge in [0.2, 0.25) is 5.91 Å². The summed E-state index contributed by atoms with van der Waals surface area (Å²) in [4.78, 5) is 15.1. The van der Waals surface area contributed by atoms with Gasteiger partial charge in [-0.15, -0.1) is 0 Å². The molecule has 2 heterocycles. The molecule has 1 saturated carbocycles. The van der Waals surface area contributed by atoms with Gasteiger partial charge in [0.15, 0.2) is 0 Å². The normalized spacial score (nSPS) is 38.4. The molecule has 3 fully saturated rings. The highest BCUT2D eigenvalue weighted by molar-refractivity contribution is 5.88. The quantitative estimate of drug-likeness (QED) is 0.866. The SMILES string of the molecule is CCC1(C)NC(C2CCCC2)N(CC2CCCOC2)C1=O. The molecule has 120 valence electrons. The van der Waals surface area contributed by atoms with Crippen molar-refractivity contribution in [2.24, 2.45) is 11.8 Å². The molecular formula is C17H30N2O2. The Morgan fingerprint density at radius 2 is 2.05 bits per heavy atom. The standard InChI is InChI=1S/C17H30N2O2/c1-3-17(2)16(20)19(11-13-7-6-10-21-12-13)15(18-17)14-8-4-5-9-14/h13-15,18H,3-12H2,1-2H3. The third-order valence-electron chi connectivity index (χ3n) is 5.80. The Hall–Kier alpha value is -0.610. The monoisotopic (exact) mass is 294 g/mol. The predicted molar refractivity (Wildman–Crippen MR) is 82.8 cm³/mol. The van der Waals surface area contributed by atoms with Crippen molar-refractivity contribution in [1.29, 1.82) is 0 Å². The highest BCUT2D eigenvalue weighted by Gasteiger charge is 2.49. The van der Waals surface area contributed by atoms with Crippen molar-refractivity contribution in [1.82, 2.24) is 10.2 Å². The Morgan fingerprint density at radius 1 is 1.29 bits per heavy atom. The highest BCUT2D eigenvalue weighted by atomic mass is 16.5. The summed E-state index contributed by atoms with van der Waals surface area (Å²) in [6.07, 6.45) is 8.63. The molecule has 3 atom stereocenters. The number of hydrogen-bond acceptors (Lipinski definition) is 3. The van der Waals surface area contributed by atoms with Crippen LogP contribution in [0.3, 0.4) is 0 Å². The van der Waals surface area contributed by atoms with Gasteiger partial charge in [0.1, 0.15) is 0 Å². The molecule has 1 N–H and O–H groups in total. The van der Waals surface area contributed by atoms with E-state index in [0.29, 0.717) is 17.7 Å². The first-order valence-corrected chi connectivity index (χ1v) is 8.80. The van der Waals surface area contributed by atoms with Gasteiger partial charge in [0, 0.05) is 19.1 Å². The first kappa shape index (κ1) is 15.3. The van der Waals surface area contributed by atoms with Gasteiger partial charge in [-0.25, -0.2) is 0 Å². The number of hydrogen-bond donors (Lipinski definition) is 1. The number of carbonyl (C=O) groups is 1. The fraction of sp³-hybridized carbons (Fsp3) is 0.941. The average molecular weight is 294 g/mol. The van der Waals surface area contributed by atoms with Gasteiger partial charge >= 0.3 is 0 Å². The second-order valence-electron chi connectivity index (χ2n) is 7.36. The van der Waals surface area contributed by atoms with Crippen LogP contribution in [0.15, 0.2) is 0 Å². The molecule has 2 saturated heterocycles. The number of ether oxygens (including phenoxy) is 1. The molecule has 2 aliphatic heterocycles. The largest absolute Gasteiger partial charge is 0.381 e. The van der Waals surface area contributed by atoms with Crippen LogP contribution in [0, 0.1) is 11.8 Å². The Morgan fingerprint density at radius 3 is 2.67 bits per heavy atom. The van der Waals surface area contributed by atoms with E-state index in [0.717, 1.165) is 32.6 Å². The van der Waals surface area contributed by atoms with Crippen LogP contribution in [0.1, 0.15) is 58.8 Å². The second kappa shape index (κ2) is 6.25. The highest BCUT2D eigenvalue weighted by Crippen LogP contribution is 2.36. The maximum absolute atomic E-state index is 12.9. The molecule has 1 amide bonds. The van der Waals surface area contributed by atoms with Crippen molar-refractivity contribution in [3.63, 3.8) is 0 Å². The molecule has 0 bridgehead atoms. The zero-order chi connectivity index (χ0) is 14.9. The molecular weight excluding hydrogens is 264 g/mol. The molecule has 0 radical (unpaired) electrons. The van der Waals surface area contributed by atoms with Gasteiger partial charge in [-0.2, -0.15) is 0 Å². The number of amides is 1. The summed E-state index contributed by atoms with van der Waals surface area (Å²) < 4.78 is 5.61. The molecule has 1 aliphatic carbocycles. The van der Waals surface area contributed by atoms with Gasteiger partial charge in [0.05, 0.1) is 18.3 Å². The number of nitrogens with zero attached hydrogens (tertiary/aromatic N) is 1. The predicted octanol–water partition coefficient (Wildman–Crippen LogP) is 2.53. The van der Waals surface area contributed by atoms with Crippen LogP contribution in [0.5, 0.6) is 0 Å². The van der Waals surface area contributed by atoms with Crippen molar-refractivity contribution >= 4 is 5.91 Å². The average Bonchev–Trinajstić information content (AvgIpc) is 3.11. The van der Waals surface area contributed by atoms with Gasteiger partial charge < -0.3 is 9.64 Å². The lowest BCUT2D eigenvalue weighted by molar-refractivity contribution is -0.134. The van der Waals surface area contributed by atoms with Gasteiger partial charge in [-0.1, -0.05) is 19.8 Å². The molecule has 0 spiro atoms. The zero-order valence-electron chi connectivity index (χ0n) is 13.6. The maximum Gasteiger partial charge on any atom is 0.243 e. The van der Waals surface area contributed by atoms with Gasteiger partial charge in [-0.05, 0) is 44.9 Å². The Kier molecular flexibility index (Phi) is 4.55. The summed E-state index contributed by atoms with van der Waals surface area (Å²) in [5.74, 6) is 1.48. The van der Waals surface area contributed by atoms with E-state index in [1.165, 1.54) is 32.1 Å². The van der Waals surface area contributed by atoms with Crippen LogP contribution in [0.25, 0.3) is 0 Å². The third-order valence-corrected chi connectivity index (χ3v) is 5.80. The van der Waals surface area contributed by atoms with Crippen LogP contribution in [0.4, 0.5) is 0 Å². The third kappa shape index (κ3) is 2.98. The minimum absolute atomic E-state index is 0.256. The number of carbonyl (C=O) groups excluding carboxylic acids is 1. The van der Waals surface area contributed by atoms with Crippen molar-refractivity contribution in [2.45, 2.75) is 70.5 Å². The summed E-state index contributed by atoms with van der Waals surface area (Å²) in [5.41, 5.74) is -0.358. The molecule has 0 aromatic heterocycles. The van der Waals surface area contributed by atoms with Crippen molar-refractivity contribution in [2.75, 3.05) is 19.8 Å².